The van der Waals surface area contributed by atoms with Crippen molar-refractivity contribution in [3.8, 4) is 11.8 Å². The van der Waals surface area contributed by atoms with Gasteiger partial charge in [0.1, 0.15) is 11.3 Å². The Labute approximate surface area is 160 Å². The topological polar surface area (TPSA) is 99.1 Å². The highest BCUT2D eigenvalue weighted by molar-refractivity contribution is 6.29. The molecule has 0 spiro atoms. The van der Waals surface area contributed by atoms with Crippen LogP contribution in [0.15, 0.2) is 65.5 Å². The van der Waals surface area contributed by atoms with Crippen molar-refractivity contribution >= 4 is 17.2 Å². The lowest BCUT2D eigenvalue weighted by Crippen LogP contribution is -2.36. The number of hydrogen-bond acceptors (Lipinski definition) is 7. The summed E-state index contributed by atoms with van der Waals surface area (Å²) < 4.78 is 11.0. The maximum atomic E-state index is 6.01. The number of nitrogens with two attached hydrogens (primary N) is 1. The largest absolute Gasteiger partial charge is 0.421 e. The molecule has 136 valence electrons. The van der Waals surface area contributed by atoms with Crippen molar-refractivity contribution in [2.75, 3.05) is 0 Å². The number of nitrogens with one attached hydrogen (secondary N) is 1. The van der Waals surface area contributed by atoms with Crippen LogP contribution in [0.5, 0.6) is 11.8 Å². The fourth-order valence-corrected chi connectivity index (χ4v) is 2.77. The third kappa shape index (κ3) is 4.16. The number of hydrogen-bond donors (Lipinski definition) is 2. The Balaban J connectivity index is 1.43. The summed E-state index contributed by atoms with van der Waals surface area (Å²) in [5, 5.41) is 7.50. The minimum absolute atomic E-state index is 0.311. The molecule has 1 atom stereocenters. The fraction of sp³-hybridized carbons (Fsp3) is 0.105. The molecule has 27 heavy (non-hydrogen) atoms. The van der Waals surface area contributed by atoms with Gasteiger partial charge in [0, 0.05) is 36.4 Å². The molecule has 0 saturated heterocycles. The number of rotatable bonds is 5. The van der Waals surface area contributed by atoms with E-state index in [0.717, 1.165) is 16.8 Å². The van der Waals surface area contributed by atoms with Gasteiger partial charge in [0.05, 0.1) is 5.69 Å². The van der Waals surface area contributed by atoms with Gasteiger partial charge in [-0.1, -0.05) is 35.0 Å². The lowest BCUT2D eigenvalue weighted by molar-refractivity contribution is 0.400. The van der Waals surface area contributed by atoms with Crippen LogP contribution in [0.4, 0.5) is 0 Å². The Morgan fingerprint density at radius 2 is 2.15 bits per heavy atom. The molecule has 0 aliphatic carbocycles. The summed E-state index contributed by atoms with van der Waals surface area (Å²) in [5.41, 5.74) is 8.62. The molecule has 7 nitrogen and oxygen atoms in total. The van der Waals surface area contributed by atoms with Crippen molar-refractivity contribution in [3.05, 3.63) is 83.1 Å². The van der Waals surface area contributed by atoms with E-state index in [1.54, 1.807) is 36.7 Å². The van der Waals surface area contributed by atoms with Gasteiger partial charge < -0.3 is 20.3 Å². The van der Waals surface area contributed by atoms with Crippen LogP contribution in [0.1, 0.15) is 17.0 Å². The minimum atomic E-state index is -0.311. The Morgan fingerprint density at radius 3 is 2.93 bits per heavy atom. The van der Waals surface area contributed by atoms with E-state index in [1.807, 2.05) is 24.3 Å². The van der Waals surface area contributed by atoms with Crippen LogP contribution in [0.25, 0.3) is 5.57 Å². The molecule has 0 saturated carbocycles. The molecule has 3 aromatic rings. The average Bonchev–Trinajstić information content (AvgIpc) is 3.12. The SMILES string of the molecule is NC1NC=CC=C1c1cc(Cc2ccc(Oc3cccc(Cl)n3)nc2)no1. The van der Waals surface area contributed by atoms with Gasteiger partial charge in [0.15, 0.2) is 5.76 Å². The molecule has 0 fully saturated rings. The minimum Gasteiger partial charge on any atom is -0.421 e. The smallest absolute Gasteiger partial charge is 0.222 e. The van der Waals surface area contributed by atoms with E-state index in [2.05, 4.69) is 20.4 Å². The van der Waals surface area contributed by atoms with E-state index in [1.165, 1.54) is 0 Å². The molecule has 3 aromatic heterocycles. The second kappa shape index (κ2) is 7.61. The van der Waals surface area contributed by atoms with Crippen LogP contribution in [0.3, 0.4) is 0 Å². The van der Waals surface area contributed by atoms with Gasteiger partial charge in [-0.05, 0) is 23.9 Å². The molecule has 4 rings (SSSR count). The van der Waals surface area contributed by atoms with Crippen molar-refractivity contribution in [1.82, 2.24) is 20.4 Å². The Hall–Kier alpha value is -3.16. The van der Waals surface area contributed by atoms with Gasteiger partial charge in [0.2, 0.25) is 11.8 Å². The van der Waals surface area contributed by atoms with Crippen LogP contribution in [0, 0.1) is 0 Å². The van der Waals surface area contributed by atoms with Crippen molar-refractivity contribution in [2.24, 2.45) is 5.73 Å². The summed E-state index contributed by atoms with van der Waals surface area (Å²) in [4.78, 5) is 8.36. The number of halogens is 1. The van der Waals surface area contributed by atoms with E-state index in [9.17, 15) is 0 Å². The maximum absolute atomic E-state index is 6.01. The molecule has 4 heterocycles. The third-order valence-electron chi connectivity index (χ3n) is 3.91. The first-order valence-electron chi connectivity index (χ1n) is 8.27. The molecule has 3 N–H and O–H groups in total. The van der Waals surface area contributed by atoms with Crippen LogP contribution >= 0.6 is 11.6 Å². The Morgan fingerprint density at radius 1 is 1.22 bits per heavy atom. The van der Waals surface area contributed by atoms with Crippen molar-refractivity contribution in [2.45, 2.75) is 12.6 Å². The van der Waals surface area contributed by atoms with E-state index in [-0.39, 0.29) is 6.17 Å². The normalized spacial score (nSPS) is 15.9. The first-order chi connectivity index (χ1) is 13.2. The Kier molecular flexibility index (Phi) is 4.86. The molecule has 0 bridgehead atoms. The molecule has 0 aromatic carbocycles. The summed E-state index contributed by atoms with van der Waals surface area (Å²) in [6, 6.07) is 10.7. The summed E-state index contributed by atoms with van der Waals surface area (Å²) in [5.74, 6) is 1.48. The maximum Gasteiger partial charge on any atom is 0.222 e. The van der Waals surface area contributed by atoms with Gasteiger partial charge >= 0.3 is 0 Å². The van der Waals surface area contributed by atoms with Crippen molar-refractivity contribution < 1.29 is 9.26 Å². The van der Waals surface area contributed by atoms with Gasteiger partial charge in [-0.2, -0.15) is 0 Å². The highest BCUT2D eigenvalue weighted by Crippen LogP contribution is 2.22. The molecule has 1 unspecified atom stereocenters. The number of dihydropyridines is 1. The molecular weight excluding hydrogens is 366 g/mol. The zero-order valence-electron chi connectivity index (χ0n) is 14.2. The predicted molar refractivity (Wildman–Crippen MR) is 101 cm³/mol. The lowest BCUT2D eigenvalue weighted by atomic mass is 10.1. The summed E-state index contributed by atoms with van der Waals surface area (Å²) in [6.45, 7) is 0. The first kappa shape index (κ1) is 17.3. The van der Waals surface area contributed by atoms with Gasteiger partial charge in [-0.25, -0.2) is 9.97 Å². The van der Waals surface area contributed by atoms with Crippen LogP contribution in [-0.4, -0.2) is 21.3 Å². The van der Waals surface area contributed by atoms with E-state index < -0.39 is 0 Å². The number of nitrogens with zero attached hydrogens (tertiary/aromatic N) is 3. The van der Waals surface area contributed by atoms with Crippen molar-refractivity contribution in [3.63, 3.8) is 0 Å². The molecule has 0 radical (unpaired) electrons. The Bertz CT molecular complexity index is 997. The molecule has 1 aliphatic heterocycles. The highest BCUT2D eigenvalue weighted by Gasteiger charge is 2.17. The molecule has 1 aliphatic rings. The summed E-state index contributed by atoms with van der Waals surface area (Å²) >= 11 is 5.85. The van der Waals surface area contributed by atoms with Crippen LogP contribution < -0.4 is 15.8 Å². The third-order valence-corrected chi connectivity index (χ3v) is 4.12. The van der Waals surface area contributed by atoms with Gasteiger partial charge in [-0.15, -0.1) is 0 Å². The first-order valence-corrected chi connectivity index (χ1v) is 8.65. The number of ether oxygens (including phenoxy) is 1. The zero-order valence-corrected chi connectivity index (χ0v) is 14.9. The van der Waals surface area contributed by atoms with Gasteiger partial charge in [-0.3, -0.25) is 0 Å². The fourth-order valence-electron chi connectivity index (χ4n) is 2.61. The van der Waals surface area contributed by atoms with Gasteiger partial charge in [0.25, 0.3) is 0 Å². The standard InChI is InChI=1S/C19H16ClN5O2/c20-16-4-1-5-18(24-16)26-17-7-6-12(11-23-17)9-13-10-15(27-25-13)14-3-2-8-22-19(14)21/h1-8,10-11,19,22H,9,21H2. The monoisotopic (exact) mass is 381 g/mol. The quantitative estimate of drug-likeness (QED) is 0.654. The van der Waals surface area contributed by atoms with E-state index in [0.29, 0.717) is 29.1 Å². The number of aromatic nitrogens is 3. The molecule has 0 amide bonds. The van der Waals surface area contributed by atoms with E-state index >= 15 is 0 Å². The number of allylic oxidation sites excluding steroid dienone is 2. The second-order valence-electron chi connectivity index (χ2n) is 5.89. The molecule has 8 heteroatoms. The summed E-state index contributed by atoms with van der Waals surface area (Å²) in [6.07, 6.45) is 7.57. The highest BCUT2D eigenvalue weighted by atomic mass is 35.5. The number of pyridine rings is 2. The van der Waals surface area contributed by atoms with E-state index in [4.69, 9.17) is 26.6 Å². The zero-order chi connectivity index (χ0) is 18.6. The second-order valence-corrected chi connectivity index (χ2v) is 6.28. The lowest BCUT2D eigenvalue weighted by Gasteiger charge is -2.16. The van der Waals surface area contributed by atoms with Crippen LogP contribution in [-0.2, 0) is 6.42 Å². The van der Waals surface area contributed by atoms with Crippen LogP contribution in [0.2, 0.25) is 5.15 Å². The van der Waals surface area contributed by atoms with Crippen molar-refractivity contribution in [1.29, 1.82) is 0 Å². The predicted octanol–water partition coefficient (Wildman–Crippen LogP) is 3.29. The summed E-state index contributed by atoms with van der Waals surface area (Å²) in [7, 11) is 0. The average molecular weight is 382 g/mol. The molecular formula is C19H16ClN5O2.